The molecule has 1 aromatic rings. The Bertz CT molecular complexity index is 516. The van der Waals surface area contributed by atoms with Crippen LogP contribution in [0.15, 0.2) is 23.5 Å². The molecule has 1 aliphatic heterocycles. The summed E-state index contributed by atoms with van der Waals surface area (Å²) in [5.41, 5.74) is 0. The third-order valence-corrected chi connectivity index (χ3v) is 4.65. The minimum Gasteiger partial charge on any atom is -0.356 e. The van der Waals surface area contributed by atoms with Crippen LogP contribution in [0.1, 0.15) is 33.1 Å². The van der Waals surface area contributed by atoms with Crippen LogP contribution in [-0.2, 0) is 0 Å². The van der Waals surface area contributed by atoms with E-state index in [0.717, 1.165) is 63.6 Å². The van der Waals surface area contributed by atoms with Gasteiger partial charge in [-0.25, -0.2) is 9.97 Å². The van der Waals surface area contributed by atoms with E-state index >= 15 is 0 Å². The lowest BCUT2D eigenvalue weighted by atomic mass is 10.1. The number of rotatable bonds is 9. The molecule has 0 bridgehead atoms. The Balaban J connectivity index is 0.00000364. The van der Waals surface area contributed by atoms with Crippen molar-refractivity contribution < 1.29 is 0 Å². The monoisotopic (exact) mass is 489 g/mol. The first-order valence-corrected chi connectivity index (χ1v) is 9.88. The summed E-state index contributed by atoms with van der Waals surface area (Å²) in [5, 5.41) is 6.82. The van der Waals surface area contributed by atoms with E-state index < -0.39 is 0 Å². The zero-order valence-corrected chi connectivity index (χ0v) is 19.4. The number of halogens is 1. The minimum atomic E-state index is 0. The van der Waals surface area contributed by atoms with E-state index in [1.165, 1.54) is 19.3 Å². The highest BCUT2D eigenvalue weighted by atomic mass is 127. The van der Waals surface area contributed by atoms with E-state index in [-0.39, 0.29) is 24.0 Å². The Labute approximate surface area is 181 Å². The molecule has 27 heavy (non-hydrogen) atoms. The Morgan fingerprint density at radius 1 is 1.07 bits per heavy atom. The molecule has 1 aliphatic rings. The average molecular weight is 489 g/mol. The van der Waals surface area contributed by atoms with E-state index in [0.29, 0.717) is 0 Å². The number of hydrogen-bond acceptors (Lipinski definition) is 5. The topological polar surface area (TPSA) is 68.7 Å². The molecule has 0 saturated carbocycles. The van der Waals surface area contributed by atoms with Crippen LogP contribution in [0.5, 0.6) is 0 Å². The molecule has 0 aromatic carbocycles. The van der Waals surface area contributed by atoms with Crippen molar-refractivity contribution in [1.29, 1.82) is 0 Å². The molecular weight excluding hydrogens is 453 g/mol. The fraction of sp³-hybridized carbons (Fsp3) is 0.737. The van der Waals surface area contributed by atoms with Crippen molar-refractivity contribution in [2.24, 2.45) is 10.9 Å². The zero-order chi connectivity index (χ0) is 18.6. The van der Waals surface area contributed by atoms with Crippen LogP contribution >= 0.6 is 24.0 Å². The number of unbranched alkanes of at least 4 members (excludes halogenated alkanes) is 1. The van der Waals surface area contributed by atoms with Gasteiger partial charge in [-0.2, -0.15) is 0 Å². The van der Waals surface area contributed by atoms with Crippen molar-refractivity contribution in [2.75, 3.05) is 57.8 Å². The molecule has 1 fully saturated rings. The molecule has 1 aromatic heterocycles. The second-order valence-electron chi connectivity index (χ2n) is 7.19. The van der Waals surface area contributed by atoms with Gasteiger partial charge in [0.2, 0.25) is 5.95 Å². The summed E-state index contributed by atoms with van der Waals surface area (Å²) in [6.45, 7) is 11.5. The number of nitrogens with one attached hydrogen (secondary N) is 2. The SMILES string of the molecule is CN=C(NCCCCC(C)C)NCCN1CCN(c2ncccn2)CC1.I. The molecule has 0 atom stereocenters. The second kappa shape index (κ2) is 13.9. The van der Waals surface area contributed by atoms with Crippen LogP contribution in [0.4, 0.5) is 5.95 Å². The molecule has 0 spiro atoms. The fourth-order valence-electron chi connectivity index (χ4n) is 3.06. The van der Waals surface area contributed by atoms with Gasteiger partial charge in [0.1, 0.15) is 0 Å². The van der Waals surface area contributed by atoms with Gasteiger partial charge in [-0.1, -0.05) is 26.7 Å². The lowest BCUT2D eigenvalue weighted by Gasteiger charge is -2.34. The van der Waals surface area contributed by atoms with Crippen LogP contribution in [0, 0.1) is 5.92 Å². The summed E-state index contributed by atoms with van der Waals surface area (Å²) >= 11 is 0. The summed E-state index contributed by atoms with van der Waals surface area (Å²) in [4.78, 5) is 17.7. The van der Waals surface area contributed by atoms with E-state index in [9.17, 15) is 0 Å². The largest absolute Gasteiger partial charge is 0.356 e. The van der Waals surface area contributed by atoms with Crippen molar-refractivity contribution in [3.8, 4) is 0 Å². The number of piperazine rings is 1. The number of aromatic nitrogens is 2. The first-order valence-electron chi connectivity index (χ1n) is 9.88. The van der Waals surface area contributed by atoms with Gasteiger partial charge in [0.15, 0.2) is 5.96 Å². The van der Waals surface area contributed by atoms with Gasteiger partial charge in [-0.3, -0.25) is 9.89 Å². The molecule has 0 radical (unpaired) electrons. The predicted molar refractivity (Wildman–Crippen MR) is 124 cm³/mol. The van der Waals surface area contributed by atoms with Gasteiger partial charge in [-0.05, 0) is 18.4 Å². The van der Waals surface area contributed by atoms with Gasteiger partial charge >= 0.3 is 0 Å². The van der Waals surface area contributed by atoms with E-state index in [1.54, 1.807) is 12.4 Å². The maximum Gasteiger partial charge on any atom is 0.225 e. The quantitative estimate of drug-likeness (QED) is 0.240. The average Bonchev–Trinajstić information content (AvgIpc) is 2.67. The third-order valence-electron chi connectivity index (χ3n) is 4.65. The van der Waals surface area contributed by atoms with Gasteiger partial charge in [0, 0.05) is 65.3 Å². The Morgan fingerprint density at radius 2 is 1.74 bits per heavy atom. The molecular formula is C19H36IN7. The Hall–Kier alpha value is -1.16. The van der Waals surface area contributed by atoms with Crippen LogP contribution < -0.4 is 15.5 Å². The second-order valence-corrected chi connectivity index (χ2v) is 7.19. The standard InChI is InChI=1S/C19H35N7.HI/c1-17(2)7-4-5-8-21-18(20-3)22-11-12-25-13-15-26(16-14-25)19-23-9-6-10-24-19;/h6,9-10,17H,4-5,7-8,11-16H2,1-3H3,(H2,20,21,22);1H. The van der Waals surface area contributed by atoms with Gasteiger partial charge < -0.3 is 15.5 Å². The predicted octanol–water partition coefficient (Wildman–Crippen LogP) is 2.21. The van der Waals surface area contributed by atoms with E-state index in [4.69, 9.17) is 0 Å². The highest BCUT2D eigenvalue weighted by molar-refractivity contribution is 14.0. The molecule has 0 aliphatic carbocycles. The Morgan fingerprint density at radius 3 is 2.37 bits per heavy atom. The van der Waals surface area contributed by atoms with E-state index in [1.807, 2.05) is 13.1 Å². The molecule has 2 N–H and O–H groups in total. The maximum atomic E-state index is 4.34. The molecule has 0 amide bonds. The molecule has 154 valence electrons. The van der Waals surface area contributed by atoms with Crippen molar-refractivity contribution in [3.63, 3.8) is 0 Å². The van der Waals surface area contributed by atoms with Gasteiger partial charge in [-0.15, -0.1) is 24.0 Å². The normalized spacial score (nSPS) is 15.6. The first-order chi connectivity index (χ1) is 12.7. The van der Waals surface area contributed by atoms with Crippen LogP contribution in [0.25, 0.3) is 0 Å². The summed E-state index contributed by atoms with van der Waals surface area (Å²) < 4.78 is 0. The van der Waals surface area contributed by atoms with Crippen molar-refractivity contribution in [1.82, 2.24) is 25.5 Å². The summed E-state index contributed by atoms with van der Waals surface area (Å²) in [6, 6.07) is 1.86. The Kier molecular flexibility index (Phi) is 12.3. The lowest BCUT2D eigenvalue weighted by Crippen LogP contribution is -2.49. The summed E-state index contributed by atoms with van der Waals surface area (Å²) in [7, 11) is 1.84. The minimum absolute atomic E-state index is 0. The van der Waals surface area contributed by atoms with Crippen LogP contribution in [0.3, 0.4) is 0 Å². The van der Waals surface area contributed by atoms with E-state index in [2.05, 4.69) is 49.2 Å². The smallest absolute Gasteiger partial charge is 0.225 e. The highest BCUT2D eigenvalue weighted by Crippen LogP contribution is 2.09. The molecule has 1 saturated heterocycles. The van der Waals surface area contributed by atoms with Gasteiger partial charge in [0.05, 0.1) is 0 Å². The lowest BCUT2D eigenvalue weighted by molar-refractivity contribution is 0.260. The highest BCUT2D eigenvalue weighted by Gasteiger charge is 2.18. The first kappa shape index (κ1) is 23.9. The number of nitrogens with zero attached hydrogens (tertiary/aromatic N) is 5. The number of guanidine groups is 1. The van der Waals surface area contributed by atoms with Crippen molar-refractivity contribution in [2.45, 2.75) is 33.1 Å². The number of aliphatic imine (C=N–C) groups is 1. The van der Waals surface area contributed by atoms with Crippen LogP contribution in [0.2, 0.25) is 0 Å². The zero-order valence-electron chi connectivity index (χ0n) is 17.0. The molecule has 7 nitrogen and oxygen atoms in total. The maximum absolute atomic E-state index is 4.34. The molecule has 2 rings (SSSR count). The molecule has 8 heteroatoms. The number of anilines is 1. The third kappa shape index (κ3) is 9.55. The van der Waals surface area contributed by atoms with Crippen LogP contribution in [-0.4, -0.2) is 73.7 Å². The van der Waals surface area contributed by atoms with Crippen molar-refractivity contribution >= 4 is 35.9 Å². The molecule has 0 unspecified atom stereocenters. The number of hydrogen-bond donors (Lipinski definition) is 2. The van der Waals surface area contributed by atoms with Crippen molar-refractivity contribution in [3.05, 3.63) is 18.5 Å². The van der Waals surface area contributed by atoms with Gasteiger partial charge in [0.25, 0.3) is 0 Å². The molecule has 2 heterocycles. The summed E-state index contributed by atoms with van der Waals surface area (Å²) in [5.74, 6) is 2.54. The summed E-state index contributed by atoms with van der Waals surface area (Å²) in [6.07, 6.45) is 7.38. The fourth-order valence-corrected chi connectivity index (χ4v) is 3.06.